The zero-order valence-corrected chi connectivity index (χ0v) is 20.9. The molecule has 0 saturated heterocycles. The van der Waals surface area contributed by atoms with Crippen molar-refractivity contribution in [3.05, 3.63) is 24.8 Å². The van der Waals surface area contributed by atoms with Crippen LogP contribution < -0.4 is 0 Å². The number of halogens is 10. The average molecular weight is 540 g/mol. The van der Waals surface area contributed by atoms with Gasteiger partial charge in [0, 0.05) is 26.9 Å². The maximum absolute atomic E-state index is 10.7. The van der Waals surface area contributed by atoms with E-state index in [1.165, 1.54) is 51.6 Å². The molecule has 0 N–H and O–H groups in total. The van der Waals surface area contributed by atoms with Crippen LogP contribution in [0.5, 0.6) is 0 Å². The van der Waals surface area contributed by atoms with E-state index in [2.05, 4.69) is 62.5 Å². The topological polar surface area (TPSA) is 6.48 Å². The van der Waals surface area contributed by atoms with E-state index in [1.54, 1.807) is 0 Å². The summed E-state index contributed by atoms with van der Waals surface area (Å²) in [5.74, 6) is 0. The Morgan fingerprint density at radius 1 is 0.676 bits per heavy atom. The fourth-order valence-corrected chi connectivity index (χ4v) is 3.91. The number of hydrogen-bond acceptors (Lipinski definition) is 2. The van der Waals surface area contributed by atoms with Crippen molar-refractivity contribution in [2.24, 2.45) is 0 Å². The van der Waals surface area contributed by atoms with E-state index in [-0.39, 0.29) is 0 Å². The molecule has 0 fully saturated rings. The number of quaternary nitrogens is 2. The van der Waals surface area contributed by atoms with Crippen molar-refractivity contribution < 1.29 is 51.6 Å². The molecule has 0 spiro atoms. The van der Waals surface area contributed by atoms with Gasteiger partial charge in [-0.2, -0.15) is 0 Å². The van der Waals surface area contributed by atoms with Crippen LogP contribution in [0, 0.1) is 0 Å². The second-order valence-corrected chi connectivity index (χ2v) is 10.6. The molecule has 206 valence electrons. The zero-order chi connectivity index (χ0) is 27.0. The summed E-state index contributed by atoms with van der Waals surface area (Å²) in [7, 11) is -12.2. The molecule has 0 aromatic rings. The van der Waals surface area contributed by atoms with Crippen molar-refractivity contribution in [1.82, 2.24) is 9.80 Å². The second kappa shape index (κ2) is 11.2. The minimum atomic E-state index is -10.7. The monoisotopic (exact) mass is 540 g/mol. The first-order chi connectivity index (χ1) is 15.0. The molecule has 2 heterocycles. The van der Waals surface area contributed by atoms with E-state index in [0.717, 1.165) is 22.5 Å². The Bertz CT molecular complexity index is 631. The van der Waals surface area contributed by atoms with Crippen LogP contribution in [0.25, 0.3) is 0 Å². The van der Waals surface area contributed by atoms with E-state index in [0.29, 0.717) is 0 Å². The van der Waals surface area contributed by atoms with E-state index in [9.17, 15) is 42.4 Å². The molecule has 0 radical (unpaired) electrons. The van der Waals surface area contributed by atoms with Crippen molar-refractivity contribution >= 4 is 15.1 Å². The first-order valence-electron chi connectivity index (χ1n) is 11.0. The van der Waals surface area contributed by atoms with Gasteiger partial charge in [-0.15, -0.1) is 9.18 Å². The van der Waals surface area contributed by atoms with Gasteiger partial charge in [0.1, 0.15) is 13.1 Å². The fourth-order valence-electron chi connectivity index (χ4n) is 3.91. The average Bonchev–Trinajstić information content (AvgIpc) is 3.16. The van der Waals surface area contributed by atoms with Crippen molar-refractivity contribution in [3.63, 3.8) is 0 Å². The van der Waals surface area contributed by atoms with Crippen LogP contribution in [0.4, 0.5) is 42.4 Å². The molecule has 16 heteroatoms. The van der Waals surface area contributed by atoms with Crippen molar-refractivity contribution in [2.45, 2.75) is 52.4 Å². The van der Waals surface area contributed by atoms with Crippen LogP contribution in [0.1, 0.15) is 52.4 Å². The van der Waals surface area contributed by atoms with E-state index in [4.69, 9.17) is 0 Å². The van der Waals surface area contributed by atoms with Crippen LogP contribution in [-0.2, 0) is 0 Å². The van der Waals surface area contributed by atoms with E-state index < -0.39 is 15.1 Å². The molecule has 2 rings (SSSR count). The van der Waals surface area contributed by atoms with Crippen molar-refractivity contribution in [2.75, 3.05) is 40.5 Å². The Hall–Kier alpha value is -1.21. The Labute approximate surface area is 194 Å². The summed E-state index contributed by atoms with van der Waals surface area (Å²) in [4.78, 5) is 4.72. The molecule has 2 aliphatic rings. The summed E-state index contributed by atoms with van der Waals surface area (Å²) in [5.41, 5.74) is 0. The van der Waals surface area contributed by atoms with Crippen LogP contribution >= 0.6 is 7.81 Å². The third-order valence-corrected chi connectivity index (χ3v) is 5.22. The molecule has 2 unspecified atom stereocenters. The molecule has 34 heavy (non-hydrogen) atoms. The fraction of sp³-hybridized carbons (Fsp3) is 0.778. The van der Waals surface area contributed by atoms with Gasteiger partial charge in [0.15, 0.2) is 12.4 Å². The maximum atomic E-state index is 9.87. The Morgan fingerprint density at radius 2 is 0.941 bits per heavy atom. The van der Waals surface area contributed by atoms with E-state index >= 15 is 0 Å². The normalized spacial score (nSPS) is 26.4. The summed E-state index contributed by atoms with van der Waals surface area (Å²) in [5, 5.41) is 0. The molecule has 0 bridgehead atoms. The van der Waals surface area contributed by atoms with Crippen molar-refractivity contribution in [3.8, 4) is 0 Å². The van der Waals surface area contributed by atoms with Gasteiger partial charge < -0.3 is 27.1 Å². The molecule has 0 amide bonds. The zero-order valence-electron chi connectivity index (χ0n) is 20.0. The summed E-state index contributed by atoms with van der Waals surface area (Å²) < 4.78 is 100. The molecule has 4 nitrogen and oxygen atoms in total. The number of unbranched alkanes of at least 4 members (excludes halogenated alkanes) is 4. The van der Waals surface area contributed by atoms with Gasteiger partial charge >= 0.3 is 40.2 Å². The first kappa shape index (κ1) is 32.8. The summed E-state index contributed by atoms with van der Waals surface area (Å²) in [6.07, 6.45) is 17.4. The quantitative estimate of drug-likeness (QED) is 0.0954. The molecular weight excluding hydrogens is 504 g/mol. The Morgan fingerprint density at radius 3 is 1.12 bits per heavy atom. The summed E-state index contributed by atoms with van der Waals surface area (Å²) >= 11 is 0. The molecule has 0 aromatic carbocycles. The molecule has 0 aliphatic carbocycles. The predicted octanol–water partition coefficient (Wildman–Crippen LogP) is 8.35. The van der Waals surface area contributed by atoms with Gasteiger partial charge in [0.05, 0.1) is 12.4 Å². The van der Waals surface area contributed by atoms with Gasteiger partial charge in [-0.1, -0.05) is 26.7 Å². The molecule has 0 saturated carbocycles. The third-order valence-electron chi connectivity index (χ3n) is 5.22. The second-order valence-electron chi connectivity index (χ2n) is 8.68. The standard InChI is InChI=1S/C18H36N4.BF4.F6P/c1-5-7-9-13-21(15-11-19(3)17-21)22(14-10-8-6-2)16-12-20(4)18-22;2-1(3,4)5;1-7(2,3,4,5)6/h11-12,15-16H,5-10,13-14,17-18H2,1-4H3;;/q+2;2*-1. The molecular formula is C18H36BF10N4P. The Kier molecular flexibility index (Phi) is 10.8. The Balaban J connectivity index is 0.000000751. The van der Waals surface area contributed by atoms with Crippen LogP contribution in [-0.4, -0.2) is 66.8 Å². The van der Waals surface area contributed by atoms with Gasteiger partial charge in [-0.3, -0.25) is 0 Å². The van der Waals surface area contributed by atoms with Crippen molar-refractivity contribution in [1.29, 1.82) is 0 Å². The van der Waals surface area contributed by atoms with Gasteiger partial charge in [-0.25, -0.2) is 0 Å². The number of nitrogens with zero attached hydrogens (tertiary/aromatic N) is 4. The van der Waals surface area contributed by atoms with Gasteiger partial charge in [0.25, 0.3) is 0 Å². The minimum absolute atomic E-state index is 1.07. The molecule has 0 aromatic heterocycles. The predicted molar refractivity (Wildman–Crippen MR) is 117 cm³/mol. The summed E-state index contributed by atoms with van der Waals surface area (Å²) in [6.45, 7) is 9.30. The van der Waals surface area contributed by atoms with Gasteiger partial charge in [0.2, 0.25) is 13.3 Å². The SMILES string of the molecule is CCCCC[N+]1([N+]2(CCCCC)C=CN(C)C2)C=CN(C)C1.F[B-](F)(F)F.F[P-](F)(F)(F)(F)F. The molecule has 2 atom stereocenters. The van der Waals surface area contributed by atoms with E-state index in [1.807, 2.05) is 0 Å². The number of rotatable bonds is 9. The van der Waals surface area contributed by atoms with Crippen LogP contribution in [0.15, 0.2) is 24.8 Å². The number of hydrogen-bond donors (Lipinski definition) is 0. The van der Waals surface area contributed by atoms with Crippen LogP contribution in [0.3, 0.4) is 0 Å². The van der Waals surface area contributed by atoms with Gasteiger partial charge in [-0.05, 0) is 12.8 Å². The summed E-state index contributed by atoms with van der Waals surface area (Å²) in [6, 6.07) is 0. The van der Waals surface area contributed by atoms with Crippen LogP contribution in [0.2, 0.25) is 0 Å². The third kappa shape index (κ3) is 15.7. The first-order valence-corrected chi connectivity index (χ1v) is 13.0. The molecule has 2 aliphatic heterocycles.